The number of hydrogen-bond donors (Lipinski definition) is 3. The molecule has 0 bridgehead atoms. The second-order valence-electron chi connectivity index (χ2n) is 5.61. The van der Waals surface area contributed by atoms with E-state index in [0.29, 0.717) is 36.3 Å². The summed E-state index contributed by atoms with van der Waals surface area (Å²) in [6, 6.07) is 0. The molecule has 0 aliphatic carbocycles. The third-order valence-corrected chi connectivity index (χ3v) is 3.89. The summed E-state index contributed by atoms with van der Waals surface area (Å²) >= 11 is 0. The summed E-state index contributed by atoms with van der Waals surface area (Å²) in [6.07, 6.45) is 2.72. The van der Waals surface area contributed by atoms with E-state index in [9.17, 15) is 9.59 Å². The average molecular weight is 306 g/mol. The fourth-order valence-corrected chi connectivity index (χ4v) is 2.84. The molecule has 2 amide bonds. The molecule has 1 unspecified atom stereocenters. The molecule has 1 aliphatic heterocycles. The molecule has 1 atom stereocenters. The quantitative estimate of drug-likeness (QED) is 0.711. The van der Waals surface area contributed by atoms with Crippen molar-refractivity contribution in [2.24, 2.45) is 11.5 Å². The first kappa shape index (κ1) is 16.4. The van der Waals surface area contributed by atoms with E-state index >= 15 is 0 Å². The highest BCUT2D eigenvalue weighted by Gasteiger charge is 2.36. The van der Waals surface area contributed by atoms with Crippen LogP contribution in [0.2, 0.25) is 0 Å². The van der Waals surface area contributed by atoms with Crippen LogP contribution in [0, 0.1) is 0 Å². The van der Waals surface area contributed by atoms with Crippen molar-refractivity contribution in [3.05, 3.63) is 28.6 Å². The van der Waals surface area contributed by atoms with Gasteiger partial charge in [0.25, 0.3) is 5.91 Å². The van der Waals surface area contributed by atoms with Crippen molar-refractivity contribution in [3.63, 3.8) is 0 Å². The van der Waals surface area contributed by atoms with Crippen LogP contribution < -0.4 is 16.8 Å². The number of carbonyl (C=O) groups excluding carboxylic acids is 2. The lowest BCUT2D eigenvalue weighted by Gasteiger charge is -2.36. The van der Waals surface area contributed by atoms with Gasteiger partial charge in [-0.3, -0.25) is 14.6 Å². The molecular formula is C15H22N4O3. The highest BCUT2D eigenvalue weighted by molar-refractivity contribution is 6.01. The molecular weight excluding hydrogens is 284 g/mol. The van der Waals surface area contributed by atoms with E-state index in [0.717, 1.165) is 13.0 Å². The van der Waals surface area contributed by atoms with Crippen molar-refractivity contribution >= 4 is 11.8 Å². The Morgan fingerprint density at radius 1 is 1.41 bits per heavy atom. The van der Waals surface area contributed by atoms with Crippen molar-refractivity contribution in [2.45, 2.75) is 32.3 Å². The van der Waals surface area contributed by atoms with Gasteiger partial charge in [-0.25, -0.2) is 0 Å². The first-order valence-corrected chi connectivity index (χ1v) is 7.37. The topological polar surface area (TPSA) is 120 Å². The van der Waals surface area contributed by atoms with Gasteiger partial charge in [-0.2, -0.15) is 0 Å². The lowest BCUT2D eigenvalue weighted by molar-refractivity contribution is -0.0578. The summed E-state index contributed by atoms with van der Waals surface area (Å²) in [5, 5.41) is 3.23. The molecule has 2 rings (SSSR count). The van der Waals surface area contributed by atoms with Gasteiger partial charge in [0.15, 0.2) is 0 Å². The van der Waals surface area contributed by atoms with E-state index in [4.69, 9.17) is 16.2 Å². The number of amides is 2. The predicted molar refractivity (Wildman–Crippen MR) is 81.4 cm³/mol. The van der Waals surface area contributed by atoms with Crippen LogP contribution in [0.5, 0.6) is 0 Å². The SMILES string of the molecule is CCCc1c(C(N)=O)ncc(C2(C)CNCCO2)c1C(N)=O. The summed E-state index contributed by atoms with van der Waals surface area (Å²) in [5.74, 6) is -1.26. The van der Waals surface area contributed by atoms with Crippen LogP contribution in [-0.2, 0) is 16.8 Å². The largest absolute Gasteiger partial charge is 0.368 e. The van der Waals surface area contributed by atoms with Gasteiger partial charge < -0.3 is 21.5 Å². The Hall–Kier alpha value is -1.99. The van der Waals surface area contributed by atoms with E-state index < -0.39 is 17.4 Å². The van der Waals surface area contributed by atoms with Crippen LogP contribution in [0.15, 0.2) is 6.20 Å². The molecule has 120 valence electrons. The highest BCUT2D eigenvalue weighted by atomic mass is 16.5. The number of nitrogens with one attached hydrogen (secondary N) is 1. The highest BCUT2D eigenvalue weighted by Crippen LogP contribution is 2.32. The Kier molecular flexibility index (Phi) is 4.77. The Balaban J connectivity index is 2.66. The van der Waals surface area contributed by atoms with Crippen molar-refractivity contribution in [1.29, 1.82) is 0 Å². The summed E-state index contributed by atoms with van der Waals surface area (Å²) in [5.41, 5.74) is 11.8. The number of morpholine rings is 1. The second-order valence-corrected chi connectivity index (χ2v) is 5.61. The van der Waals surface area contributed by atoms with Gasteiger partial charge in [0, 0.05) is 24.8 Å². The molecule has 1 aromatic heterocycles. The summed E-state index contributed by atoms with van der Waals surface area (Å²) in [4.78, 5) is 27.8. The molecule has 5 N–H and O–H groups in total. The molecule has 7 heteroatoms. The molecule has 1 aromatic rings. The third-order valence-electron chi connectivity index (χ3n) is 3.89. The summed E-state index contributed by atoms with van der Waals surface area (Å²) < 4.78 is 5.85. The van der Waals surface area contributed by atoms with Crippen LogP contribution in [0.1, 0.15) is 52.2 Å². The summed E-state index contributed by atoms with van der Waals surface area (Å²) in [6.45, 7) is 5.63. The molecule has 1 fully saturated rings. The van der Waals surface area contributed by atoms with Crippen molar-refractivity contribution < 1.29 is 14.3 Å². The monoisotopic (exact) mass is 306 g/mol. The smallest absolute Gasteiger partial charge is 0.267 e. The number of nitrogens with zero attached hydrogens (tertiary/aromatic N) is 1. The number of aromatic nitrogens is 1. The number of hydrogen-bond acceptors (Lipinski definition) is 5. The van der Waals surface area contributed by atoms with Crippen LogP contribution >= 0.6 is 0 Å². The Labute approximate surface area is 129 Å². The minimum atomic E-state index is -0.714. The number of nitrogens with two attached hydrogens (primary N) is 2. The van der Waals surface area contributed by atoms with Crippen molar-refractivity contribution in [3.8, 4) is 0 Å². The number of primary amides is 2. The van der Waals surface area contributed by atoms with Crippen molar-refractivity contribution in [2.75, 3.05) is 19.7 Å². The van der Waals surface area contributed by atoms with Gasteiger partial charge >= 0.3 is 0 Å². The number of ether oxygens (including phenoxy) is 1. The fourth-order valence-electron chi connectivity index (χ4n) is 2.84. The lowest BCUT2D eigenvalue weighted by Crippen LogP contribution is -2.46. The van der Waals surface area contributed by atoms with E-state index in [-0.39, 0.29) is 5.69 Å². The maximum atomic E-state index is 12.0. The van der Waals surface area contributed by atoms with E-state index in [1.54, 1.807) is 0 Å². The fraction of sp³-hybridized carbons (Fsp3) is 0.533. The van der Waals surface area contributed by atoms with Crippen LogP contribution in [0.4, 0.5) is 0 Å². The molecule has 0 spiro atoms. The normalized spacial score (nSPS) is 21.5. The van der Waals surface area contributed by atoms with E-state index in [1.165, 1.54) is 6.20 Å². The zero-order valence-corrected chi connectivity index (χ0v) is 12.9. The Bertz CT molecular complexity index is 595. The first-order chi connectivity index (χ1) is 10.4. The van der Waals surface area contributed by atoms with Crippen LogP contribution in [0.3, 0.4) is 0 Å². The zero-order valence-electron chi connectivity index (χ0n) is 12.9. The zero-order chi connectivity index (χ0) is 16.3. The van der Waals surface area contributed by atoms with E-state index in [1.807, 2.05) is 13.8 Å². The number of rotatable bonds is 5. The molecule has 0 aromatic carbocycles. The molecule has 0 saturated carbocycles. The van der Waals surface area contributed by atoms with Gasteiger partial charge in [-0.1, -0.05) is 13.3 Å². The minimum Gasteiger partial charge on any atom is -0.368 e. The van der Waals surface area contributed by atoms with Gasteiger partial charge in [-0.15, -0.1) is 0 Å². The van der Waals surface area contributed by atoms with Gasteiger partial charge in [-0.05, 0) is 18.9 Å². The standard InChI is InChI=1S/C15H22N4O3/c1-3-4-9-11(13(16)20)10(7-19-12(9)14(17)21)15(2)8-18-5-6-22-15/h7,18H,3-6,8H2,1-2H3,(H2,16,20)(H2,17,21). The third kappa shape index (κ3) is 2.95. The van der Waals surface area contributed by atoms with Gasteiger partial charge in [0.2, 0.25) is 5.91 Å². The Morgan fingerprint density at radius 3 is 2.64 bits per heavy atom. The van der Waals surface area contributed by atoms with Crippen LogP contribution in [0.25, 0.3) is 0 Å². The summed E-state index contributed by atoms with van der Waals surface area (Å²) in [7, 11) is 0. The minimum absolute atomic E-state index is 0.103. The number of carbonyl (C=O) groups is 2. The molecule has 7 nitrogen and oxygen atoms in total. The maximum absolute atomic E-state index is 12.0. The molecule has 2 heterocycles. The Morgan fingerprint density at radius 2 is 2.14 bits per heavy atom. The van der Waals surface area contributed by atoms with Gasteiger partial charge in [0.1, 0.15) is 11.3 Å². The molecule has 1 saturated heterocycles. The molecule has 1 aliphatic rings. The molecule has 22 heavy (non-hydrogen) atoms. The molecule has 0 radical (unpaired) electrons. The average Bonchev–Trinajstić information content (AvgIpc) is 2.47. The van der Waals surface area contributed by atoms with E-state index in [2.05, 4.69) is 10.3 Å². The number of pyridine rings is 1. The lowest BCUT2D eigenvalue weighted by atomic mass is 9.87. The predicted octanol–water partition coefficient (Wildman–Crippen LogP) is 0.0669. The maximum Gasteiger partial charge on any atom is 0.267 e. The van der Waals surface area contributed by atoms with Crippen molar-refractivity contribution in [1.82, 2.24) is 10.3 Å². The first-order valence-electron chi connectivity index (χ1n) is 7.37. The van der Waals surface area contributed by atoms with Gasteiger partial charge in [0.05, 0.1) is 12.2 Å². The second kappa shape index (κ2) is 6.41. The van der Waals surface area contributed by atoms with Crippen LogP contribution in [-0.4, -0.2) is 36.5 Å².